The maximum absolute atomic E-state index is 12.7. The van der Waals surface area contributed by atoms with Crippen LogP contribution in [0.4, 0.5) is 0 Å². The van der Waals surface area contributed by atoms with Crippen LogP contribution in [-0.2, 0) is 28.6 Å². The van der Waals surface area contributed by atoms with Crippen LogP contribution >= 0.6 is 0 Å². The summed E-state index contributed by atoms with van der Waals surface area (Å²) < 4.78 is 17.1. The van der Waals surface area contributed by atoms with E-state index in [2.05, 4.69) is 74.6 Å². The number of hydrogen-bond acceptors (Lipinski definition) is 7. The zero-order chi connectivity index (χ0) is 42.8. The van der Waals surface area contributed by atoms with Gasteiger partial charge in [-0.3, -0.25) is 9.59 Å². The van der Waals surface area contributed by atoms with Crippen molar-refractivity contribution in [3.8, 4) is 0 Å². The fourth-order valence-corrected chi connectivity index (χ4v) is 5.83. The quantitative estimate of drug-likeness (QED) is 0.0201. The second-order valence-electron chi connectivity index (χ2n) is 15.6. The molecule has 0 fully saturated rings. The minimum atomic E-state index is -1.14. The zero-order valence-electron chi connectivity index (χ0n) is 37.2. The van der Waals surface area contributed by atoms with Crippen LogP contribution in [0.3, 0.4) is 0 Å². The van der Waals surface area contributed by atoms with Crippen LogP contribution in [0.2, 0.25) is 0 Å². The van der Waals surface area contributed by atoms with Crippen LogP contribution in [0.15, 0.2) is 97.2 Å². The van der Waals surface area contributed by atoms with Gasteiger partial charge in [0.05, 0.1) is 40.3 Å². The Morgan fingerprint density at radius 2 is 1.03 bits per heavy atom. The number of allylic oxidation sites excluding steroid dienone is 16. The van der Waals surface area contributed by atoms with E-state index >= 15 is 0 Å². The Morgan fingerprint density at radius 3 is 1.60 bits per heavy atom. The smallest absolute Gasteiger partial charge is 0.306 e. The summed E-state index contributed by atoms with van der Waals surface area (Å²) in [4.78, 5) is 36.8. The lowest BCUT2D eigenvalue weighted by Crippen LogP contribution is -2.55. The molecule has 0 aromatic rings. The average molecular weight is 808 g/mol. The van der Waals surface area contributed by atoms with E-state index in [4.69, 9.17) is 14.2 Å². The van der Waals surface area contributed by atoms with Crippen LogP contribution in [0.5, 0.6) is 0 Å². The maximum atomic E-state index is 12.7. The summed E-state index contributed by atoms with van der Waals surface area (Å²) >= 11 is 0. The Morgan fingerprint density at radius 1 is 0.552 bits per heavy atom. The van der Waals surface area contributed by atoms with Gasteiger partial charge in [-0.05, 0) is 77.0 Å². The predicted molar refractivity (Wildman–Crippen MR) is 240 cm³/mol. The number of ether oxygens (including phenoxy) is 3. The van der Waals surface area contributed by atoms with Gasteiger partial charge < -0.3 is 28.6 Å². The Hall–Kier alpha value is -3.75. The maximum Gasteiger partial charge on any atom is 0.306 e. The van der Waals surface area contributed by atoms with E-state index in [0.717, 1.165) is 83.5 Å². The van der Waals surface area contributed by atoms with E-state index in [0.29, 0.717) is 12.8 Å². The van der Waals surface area contributed by atoms with Crippen molar-refractivity contribution in [2.24, 2.45) is 0 Å². The van der Waals surface area contributed by atoms with Gasteiger partial charge in [0.2, 0.25) is 0 Å². The minimum Gasteiger partial charge on any atom is -0.544 e. The molecule has 0 aliphatic carbocycles. The van der Waals surface area contributed by atoms with Crippen LogP contribution in [-0.4, -0.2) is 75.5 Å². The van der Waals surface area contributed by atoms with Gasteiger partial charge in [0.15, 0.2) is 6.10 Å². The lowest BCUT2D eigenvalue weighted by molar-refractivity contribution is -0.889. The number of aliphatic carboxylic acids is 1. The Kier molecular flexibility index (Phi) is 37.5. The van der Waals surface area contributed by atoms with Gasteiger partial charge in [0.1, 0.15) is 12.6 Å². The van der Waals surface area contributed by atoms with Crippen molar-refractivity contribution >= 4 is 17.9 Å². The molecule has 0 amide bonds. The molecule has 0 heterocycles. The van der Waals surface area contributed by atoms with Crippen molar-refractivity contribution in [1.82, 2.24) is 0 Å². The number of esters is 2. The Bertz CT molecular complexity index is 1260. The monoisotopic (exact) mass is 808 g/mol. The third-order valence-electron chi connectivity index (χ3n) is 9.30. The largest absolute Gasteiger partial charge is 0.544 e. The molecule has 8 nitrogen and oxygen atoms in total. The second-order valence-corrected chi connectivity index (χ2v) is 15.6. The number of nitrogens with zero attached hydrogens (tertiary/aromatic N) is 1. The third kappa shape index (κ3) is 37.8. The number of carboxylic acids is 1. The molecule has 0 aromatic heterocycles. The SMILES string of the molecule is CC/C=C/C=C/C=C/C=C/CCCCCC(=O)OC(COCCC(C(=O)[O-])[N+](C)(C)C)COC(=O)CCCCCCC/C=C/C/C=C/C/C=C/C/C=C/CCCCC. The van der Waals surface area contributed by atoms with Crippen molar-refractivity contribution in [1.29, 1.82) is 0 Å². The summed E-state index contributed by atoms with van der Waals surface area (Å²) in [5.74, 6) is -1.83. The first-order valence-electron chi connectivity index (χ1n) is 22.3. The number of unbranched alkanes of at least 4 members (excludes halogenated alkanes) is 11. The molecule has 2 atom stereocenters. The number of carboxylic acid groups (broad SMARTS) is 1. The highest BCUT2D eigenvalue weighted by molar-refractivity contribution is 5.70. The number of carbonyl (C=O) groups excluding carboxylic acids is 3. The van der Waals surface area contributed by atoms with E-state index < -0.39 is 18.1 Å². The molecule has 2 unspecified atom stereocenters. The standard InChI is InChI=1S/C50H81NO7/c1-6-8-10-12-14-16-18-20-21-22-23-24-25-26-27-29-30-32-34-36-38-40-48(52)57-45-46(44-56-43-42-47(50(54)55)51(3,4)5)58-49(53)41-39-37-35-33-31-28-19-17-15-13-11-9-7-2/h9,11,13-17,19-21,23-24,26-28,31,46-47H,6-8,10,12,18,22,25,29-30,32-45H2,1-5H3/b11-9+,15-13+,16-14+,19-17+,21-20+,24-23+,27-26+,31-28+. The molecule has 58 heavy (non-hydrogen) atoms. The van der Waals surface area contributed by atoms with Gasteiger partial charge >= 0.3 is 11.9 Å². The highest BCUT2D eigenvalue weighted by atomic mass is 16.6. The first kappa shape index (κ1) is 54.2. The van der Waals surface area contributed by atoms with Crippen molar-refractivity contribution in [3.05, 3.63) is 97.2 Å². The van der Waals surface area contributed by atoms with Crippen molar-refractivity contribution in [2.75, 3.05) is 41.0 Å². The first-order valence-corrected chi connectivity index (χ1v) is 22.3. The highest BCUT2D eigenvalue weighted by Gasteiger charge is 2.25. The van der Waals surface area contributed by atoms with Crippen LogP contribution in [0.1, 0.15) is 149 Å². The molecule has 0 bridgehead atoms. The van der Waals surface area contributed by atoms with Crippen molar-refractivity contribution in [2.45, 2.75) is 161 Å². The minimum absolute atomic E-state index is 0.0117. The molecule has 8 heteroatoms. The van der Waals surface area contributed by atoms with Gasteiger partial charge in [-0.2, -0.15) is 0 Å². The molecule has 0 rings (SSSR count). The number of quaternary nitrogens is 1. The van der Waals surface area contributed by atoms with Gasteiger partial charge in [0, 0.05) is 19.3 Å². The average Bonchev–Trinajstić information content (AvgIpc) is 3.18. The normalized spacial score (nSPS) is 13.9. The molecule has 328 valence electrons. The van der Waals surface area contributed by atoms with Gasteiger partial charge in [-0.1, -0.05) is 150 Å². The first-order chi connectivity index (χ1) is 28.1. The number of rotatable bonds is 38. The van der Waals surface area contributed by atoms with Gasteiger partial charge in [-0.15, -0.1) is 0 Å². The summed E-state index contributed by atoms with van der Waals surface area (Å²) in [5, 5.41) is 11.6. The molecule has 0 spiro atoms. The molecule has 0 aliphatic heterocycles. The topological polar surface area (TPSA) is 102 Å². The molecule has 0 saturated heterocycles. The number of likely N-dealkylation sites (N-methyl/N-ethyl adjacent to an activating group) is 1. The summed E-state index contributed by atoms with van der Waals surface area (Å²) in [5.41, 5.74) is 0. The van der Waals surface area contributed by atoms with Crippen molar-refractivity contribution < 1.29 is 38.2 Å². The Labute approximate surface area is 354 Å². The zero-order valence-corrected chi connectivity index (χ0v) is 37.2. The van der Waals surface area contributed by atoms with Crippen LogP contribution < -0.4 is 5.11 Å². The summed E-state index contributed by atoms with van der Waals surface area (Å²) in [6.45, 7) is 4.40. The van der Waals surface area contributed by atoms with Crippen LogP contribution in [0.25, 0.3) is 0 Å². The summed E-state index contributed by atoms with van der Waals surface area (Å²) in [6, 6.07) is -0.742. The highest BCUT2D eigenvalue weighted by Crippen LogP contribution is 2.12. The lowest BCUT2D eigenvalue weighted by Gasteiger charge is -2.34. The van der Waals surface area contributed by atoms with Gasteiger partial charge in [0.25, 0.3) is 0 Å². The molecule has 0 aromatic carbocycles. The molecule has 0 saturated carbocycles. The van der Waals surface area contributed by atoms with Gasteiger partial charge in [-0.25, -0.2) is 0 Å². The molecular weight excluding hydrogens is 727 g/mol. The molecule has 0 radical (unpaired) electrons. The molecule has 0 aliphatic rings. The summed E-state index contributed by atoms with van der Waals surface area (Å²) in [7, 11) is 5.37. The predicted octanol–water partition coefficient (Wildman–Crippen LogP) is 11.0. The second kappa shape index (κ2) is 40.0. The number of hydrogen-bond donors (Lipinski definition) is 0. The lowest BCUT2D eigenvalue weighted by atomic mass is 10.1. The Balaban J connectivity index is 4.41. The fraction of sp³-hybridized carbons (Fsp3) is 0.620. The van der Waals surface area contributed by atoms with E-state index in [1.165, 1.54) is 25.7 Å². The van der Waals surface area contributed by atoms with E-state index in [-0.39, 0.29) is 49.1 Å². The number of carbonyl (C=O) groups is 3. The molecule has 0 N–H and O–H groups in total. The van der Waals surface area contributed by atoms with Crippen LogP contribution in [0, 0.1) is 0 Å². The van der Waals surface area contributed by atoms with E-state index in [1.807, 2.05) is 36.5 Å². The summed E-state index contributed by atoms with van der Waals surface area (Å²) in [6.07, 6.45) is 52.9. The fourth-order valence-electron chi connectivity index (χ4n) is 5.83. The van der Waals surface area contributed by atoms with Crippen molar-refractivity contribution in [3.63, 3.8) is 0 Å². The van der Waals surface area contributed by atoms with E-state index in [9.17, 15) is 19.5 Å². The van der Waals surface area contributed by atoms with E-state index in [1.54, 1.807) is 21.1 Å². The molecular formula is C50H81NO7. The third-order valence-corrected chi connectivity index (χ3v) is 9.30.